The zero-order valence-corrected chi connectivity index (χ0v) is 16.4. The van der Waals surface area contributed by atoms with E-state index in [9.17, 15) is 0 Å². The van der Waals surface area contributed by atoms with Crippen molar-refractivity contribution in [3.63, 3.8) is 0 Å². The second-order valence-corrected chi connectivity index (χ2v) is 8.00. The van der Waals surface area contributed by atoms with Crippen LogP contribution in [0.1, 0.15) is 48.1 Å². The van der Waals surface area contributed by atoms with Crippen LogP contribution >= 0.6 is 35.0 Å². The number of hydrogen-bond acceptors (Lipinski definition) is 3. The molecule has 2 aromatic rings. The molecule has 3 nitrogen and oxygen atoms in total. The maximum Gasteiger partial charge on any atom is 0.142 e. The Hall–Kier alpha value is -0.590. The van der Waals surface area contributed by atoms with Crippen molar-refractivity contribution in [2.24, 2.45) is 0 Å². The zero-order valence-electron chi connectivity index (χ0n) is 13.4. The summed E-state index contributed by atoms with van der Waals surface area (Å²) in [6.45, 7) is 2.01. The molecule has 0 N–H and O–H groups in total. The van der Waals surface area contributed by atoms with E-state index in [4.69, 9.17) is 4.52 Å². The Morgan fingerprint density at radius 2 is 1.96 bits per heavy atom. The number of fused-ring (bicyclic) bond motifs is 2. The standard InChI is InChI=1S/C18H21IN2O.ClH/c1-11-9-17(22-20-11)18-15(12-3-5-13(19)6-4-12)10-14-7-8-16(18)21(14)2;/h3-6,9,14-16,18H,7-8,10H2,1-2H3;1H/t14-,15+,16+,18?;/m0./s1. The topological polar surface area (TPSA) is 29.3 Å². The molecule has 0 amide bonds. The van der Waals surface area contributed by atoms with E-state index in [0.29, 0.717) is 17.9 Å². The van der Waals surface area contributed by atoms with Crippen molar-refractivity contribution >= 4 is 35.0 Å². The van der Waals surface area contributed by atoms with Crippen LogP contribution in [0.3, 0.4) is 0 Å². The van der Waals surface area contributed by atoms with Gasteiger partial charge in [0, 0.05) is 27.6 Å². The molecular weight excluding hydrogens is 423 g/mol. The number of likely N-dealkylation sites (N-methyl/N-ethyl adjacent to an activating group) is 1. The highest BCUT2D eigenvalue weighted by atomic mass is 127. The van der Waals surface area contributed by atoms with E-state index in [1.165, 1.54) is 28.4 Å². The Balaban J connectivity index is 0.00000156. The molecule has 0 spiro atoms. The SMILES string of the molecule is Cc1cc(C2[C@@H](c3ccc(I)cc3)C[C@@H]3CC[C@H]2N3C)on1.Cl. The predicted molar refractivity (Wildman–Crippen MR) is 102 cm³/mol. The van der Waals surface area contributed by atoms with Crippen LogP contribution in [0.25, 0.3) is 0 Å². The molecule has 124 valence electrons. The van der Waals surface area contributed by atoms with Crippen molar-refractivity contribution in [3.8, 4) is 0 Å². The van der Waals surface area contributed by atoms with Crippen molar-refractivity contribution in [3.05, 3.63) is 50.9 Å². The predicted octanol–water partition coefficient (Wildman–Crippen LogP) is 4.74. The highest BCUT2D eigenvalue weighted by Crippen LogP contribution is 2.50. The summed E-state index contributed by atoms with van der Waals surface area (Å²) in [6.07, 6.45) is 3.80. The largest absolute Gasteiger partial charge is 0.361 e. The Kier molecular flexibility index (Phi) is 5.04. The summed E-state index contributed by atoms with van der Waals surface area (Å²) in [4.78, 5) is 2.58. The molecule has 0 aliphatic carbocycles. The lowest BCUT2D eigenvalue weighted by atomic mass is 9.75. The van der Waals surface area contributed by atoms with Gasteiger partial charge in [-0.2, -0.15) is 0 Å². The Morgan fingerprint density at radius 3 is 2.61 bits per heavy atom. The lowest BCUT2D eigenvalue weighted by Crippen LogP contribution is -2.44. The van der Waals surface area contributed by atoms with E-state index in [0.717, 1.165) is 17.5 Å². The summed E-state index contributed by atoms with van der Waals surface area (Å²) in [6, 6.07) is 12.5. The van der Waals surface area contributed by atoms with Gasteiger partial charge < -0.3 is 4.52 Å². The average Bonchev–Trinajstić information content (AvgIpc) is 3.02. The maximum atomic E-state index is 5.70. The van der Waals surface area contributed by atoms with Crippen LogP contribution in [0.4, 0.5) is 0 Å². The van der Waals surface area contributed by atoms with Crippen LogP contribution in [-0.4, -0.2) is 29.2 Å². The normalized spacial score (nSPS) is 30.2. The summed E-state index contributed by atoms with van der Waals surface area (Å²) in [5.41, 5.74) is 2.43. The number of hydrogen-bond donors (Lipinski definition) is 0. The molecule has 2 saturated heterocycles. The van der Waals surface area contributed by atoms with E-state index in [2.05, 4.69) is 70.0 Å². The molecule has 4 atom stereocenters. The molecule has 1 aromatic carbocycles. The van der Waals surface area contributed by atoms with Crippen molar-refractivity contribution < 1.29 is 4.52 Å². The van der Waals surface area contributed by atoms with Crippen molar-refractivity contribution in [2.75, 3.05) is 7.05 Å². The minimum absolute atomic E-state index is 0. The molecular formula is C18H22ClIN2O. The molecule has 1 aromatic heterocycles. The van der Waals surface area contributed by atoms with Crippen LogP contribution in [0.15, 0.2) is 34.9 Å². The van der Waals surface area contributed by atoms with Gasteiger partial charge in [-0.15, -0.1) is 12.4 Å². The first-order valence-electron chi connectivity index (χ1n) is 8.04. The monoisotopic (exact) mass is 444 g/mol. The second kappa shape index (κ2) is 6.73. The highest BCUT2D eigenvalue weighted by molar-refractivity contribution is 14.1. The first kappa shape index (κ1) is 17.2. The first-order chi connectivity index (χ1) is 10.6. The molecule has 0 saturated carbocycles. The minimum atomic E-state index is 0. The third kappa shape index (κ3) is 3.05. The fraction of sp³-hybridized carbons (Fsp3) is 0.500. The molecule has 23 heavy (non-hydrogen) atoms. The number of halogens is 2. The maximum absolute atomic E-state index is 5.70. The van der Waals surface area contributed by atoms with Gasteiger partial charge in [0.05, 0.1) is 5.69 Å². The summed E-state index contributed by atoms with van der Waals surface area (Å²) in [5.74, 6) is 2.03. The third-order valence-corrected chi connectivity index (χ3v) is 6.26. The third-order valence-electron chi connectivity index (χ3n) is 5.54. The lowest BCUT2D eigenvalue weighted by Gasteiger charge is -2.42. The zero-order chi connectivity index (χ0) is 15.3. The van der Waals surface area contributed by atoms with E-state index >= 15 is 0 Å². The van der Waals surface area contributed by atoms with Gasteiger partial charge >= 0.3 is 0 Å². The summed E-state index contributed by atoms with van der Waals surface area (Å²) < 4.78 is 7.00. The fourth-order valence-corrected chi connectivity index (χ4v) is 4.81. The number of rotatable bonds is 2. The number of aromatic nitrogens is 1. The number of aryl methyl sites for hydroxylation is 1. The van der Waals surface area contributed by atoms with Gasteiger partial charge in [0.1, 0.15) is 5.76 Å². The summed E-state index contributed by atoms with van der Waals surface area (Å²) in [5, 5.41) is 4.15. The van der Waals surface area contributed by atoms with Gasteiger partial charge in [-0.1, -0.05) is 17.3 Å². The van der Waals surface area contributed by atoms with Gasteiger partial charge in [-0.05, 0) is 79.4 Å². The van der Waals surface area contributed by atoms with E-state index < -0.39 is 0 Å². The molecule has 0 radical (unpaired) electrons. The van der Waals surface area contributed by atoms with E-state index in [1.54, 1.807) is 0 Å². The van der Waals surface area contributed by atoms with Gasteiger partial charge in [-0.25, -0.2) is 0 Å². The fourth-order valence-electron chi connectivity index (χ4n) is 4.45. The molecule has 2 fully saturated rings. The van der Waals surface area contributed by atoms with Crippen molar-refractivity contribution in [2.45, 2.75) is 50.1 Å². The molecule has 2 aliphatic rings. The smallest absolute Gasteiger partial charge is 0.142 e. The first-order valence-corrected chi connectivity index (χ1v) is 9.12. The molecule has 4 rings (SSSR count). The van der Waals surface area contributed by atoms with Crippen LogP contribution < -0.4 is 0 Å². The molecule has 2 aliphatic heterocycles. The lowest BCUT2D eigenvalue weighted by molar-refractivity contribution is 0.122. The Bertz CT molecular complexity index is 672. The van der Waals surface area contributed by atoms with Crippen molar-refractivity contribution in [1.29, 1.82) is 0 Å². The number of piperidine rings is 1. The molecule has 1 unspecified atom stereocenters. The van der Waals surface area contributed by atoms with Crippen LogP contribution in [-0.2, 0) is 0 Å². The number of benzene rings is 1. The Morgan fingerprint density at radius 1 is 1.22 bits per heavy atom. The quantitative estimate of drug-likeness (QED) is 0.626. The summed E-state index contributed by atoms with van der Waals surface area (Å²) in [7, 11) is 2.28. The average molecular weight is 445 g/mol. The van der Waals surface area contributed by atoms with Crippen LogP contribution in [0, 0.1) is 10.5 Å². The van der Waals surface area contributed by atoms with Gasteiger partial charge in [0.25, 0.3) is 0 Å². The van der Waals surface area contributed by atoms with Crippen LogP contribution in [0.5, 0.6) is 0 Å². The van der Waals surface area contributed by atoms with Crippen molar-refractivity contribution in [1.82, 2.24) is 10.1 Å². The van der Waals surface area contributed by atoms with E-state index in [-0.39, 0.29) is 12.4 Å². The molecule has 3 heterocycles. The molecule has 2 bridgehead atoms. The summed E-state index contributed by atoms with van der Waals surface area (Å²) >= 11 is 2.37. The van der Waals surface area contributed by atoms with Crippen LogP contribution in [0.2, 0.25) is 0 Å². The van der Waals surface area contributed by atoms with E-state index in [1.807, 2.05) is 6.92 Å². The van der Waals surface area contributed by atoms with Gasteiger partial charge in [0.15, 0.2) is 0 Å². The minimum Gasteiger partial charge on any atom is -0.361 e. The number of nitrogens with zero attached hydrogens (tertiary/aromatic N) is 2. The van der Waals surface area contributed by atoms with Gasteiger partial charge in [0.2, 0.25) is 0 Å². The second-order valence-electron chi connectivity index (χ2n) is 6.75. The Labute approximate surface area is 157 Å². The highest BCUT2D eigenvalue weighted by Gasteiger charge is 2.47. The molecule has 5 heteroatoms. The van der Waals surface area contributed by atoms with Gasteiger partial charge in [-0.3, -0.25) is 4.90 Å².